The van der Waals surface area contributed by atoms with Crippen molar-refractivity contribution in [2.75, 3.05) is 17.3 Å². The van der Waals surface area contributed by atoms with E-state index in [1.165, 1.54) is 28.8 Å². The van der Waals surface area contributed by atoms with Crippen LogP contribution in [-0.4, -0.2) is 33.7 Å². The van der Waals surface area contributed by atoms with Crippen LogP contribution in [0, 0.1) is 0 Å². The van der Waals surface area contributed by atoms with Crippen molar-refractivity contribution < 1.29 is 19.4 Å². The Labute approximate surface area is 215 Å². The van der Waals surface area contributed by atoms with Crippen molar-refractivity contribution in [3.05, 3.63) is 93.9 Å². The van der Waals surface area contributed by atoms with Gasteiger partial charge in [0.15, 0.2) is 4.32 Å². The number of carboxylic acid groups (broad SMARTS) is 1. The summed E-state index contributed by atoms with van der Waals surface area (Å²) in [5.41, 5.74) is 1.37. The van der Waals surface area contributed by atoms with Crippen LogP contribution in [0.15, 0.2) is 82.6 Å². The number of thiocarbonyl (C=S) groups is 1. The first-order valence-electron chi connectivity index (χ1n) is 10.1. The molecule has 1 saturated heterocycles. The van der Waals surface area contributed by atoms with E-state index >= 15 is 0 Å². The van der Waals surface area contributed by atoms with Crippen molar-refractivity contribution in [2.45, 2.75) is 4.90 Å². The molecule has 0 atom stereocenters. The molecule has 0 radical (unpaired) electrons. The normalized spacial score (nSPS) is 14.6. The lowest BCUT2D eigenvalue weighted by Gasteiger charge is -2.14. The molecule has 0 spiro atoms. The standard InChI is InChI=1S/C25H18ClNO4S3/c26-18-6-10-21(11-7-18)33-13-12-31-20-8-4-16(5-9-20)14-22-23(28)27(25(32)34-22)19-3-1-2-17(15-19)24(29)30/h1-11,14-15H,12-13H2,(H,29,30)/b22-14-. The maximum absolute atomic E-state index is 12.9. The van der Waals surface area contributed by atoms with Crippen LogP contribution in [0.3, 0.4) is 0 Å². The summed E-state index contributed by atoms with van der Waals surface area (Å²) in [7, 11) is 0. The number of ether oxygens (including phenoxy) is 1. The number of hydrogen-bond acceptors (Lipinski definition) is 6. The first kappa shape index (κ1) is 24.3. The summed E-state index contributed by atoms with van der Waals surface area (Å²) in [4.78, 5) is 27.2. The Morgan fingerprint density at radius 3 is 2.56 bits per heavy atom. The van der Waals surface area contributed by atoms with Crippen LogP contribution in [0.4, 0.5) is 5.69 Å². The lowest BCUT2D eigenvalue weighted by atomic mass is 10.2. The van der Waals surface area contributed by atoms with Crippen LogP contribution in [0.2, 0.25) is 5.02 Å². The van der Waals surface area contributed by atoms with Gasteiger partial charge in [-0.15, -0.1) is 11.8 Å². The number of carbonyl (C=O) groups is 2. The molecule has 0 aliphatic carbocycles. The highest BCUT2D eigenvalue weighted by atomic mass is 35.5. The van der Waals surface area contributed by atoms with E-state index in [2.05, 4.69) is 0 Å². The van der Waals surface area contributed by atoms with Gasteiger partial charge in [0.1, 0.15) is 5.75 Å². The van der Waals surface area contributed by atoms with Crippen molar-refractivity contribution in [3.63, 3.8) is 0 Å². The number of anilines is 1. The second-order valence-electron chi connectivity index (χ2n) is 7.09. The molecule has 5 nitrogen and oxygen atoms in total. The number of carbonyl (C=O) groups excluding carboxylic acids is 1. The van der Waals surface area contributed by atoms with Crippen molar-refractivity contribution in [3.8, 4) is 5.75 Å². The summed E-state index contributed by atoms with van der Waals surface area (Å²) in [6.07, 6.45) is 1.76. The van der Waals surface area contributed by atoms with Crippen LogP contribution in [-0.2, 0) is 4.79 Å². The van der Waals surface area contributed by atoms with Gasteiger partial charge in [-0.2, -0.15) is 0 Å². The lowest BCUT2D eigenvalue weighted by molar-refractivity contribution is -0.113. The Hall–Kier alpha value is -2.78. The predicted molar refractivity (Wildman–Crippen MR) is 143 cm³/mol. The predicted octanol–water partition coefficient (Wildman–Crippen LogP) is 6.62. The van der Waals surface area contributed by atoms with Gasteiger partial charge in [0.2, 0.25) is 0 Å². The van der Waals surface area contributed by atoms with E-state index < -0.39 is 5.97 Å². The van der Waals surface area contributed by atoms with Crippen molar-refractivity contribution >= 4 is 75.3 Å². The van der Waals surface area contributed by atoms with Crippen LogP contribution in [0.1, 0.15) is 15.9 Å². The minimum Gasteiger partial charge on any atom is -0.493 e. The van der Waals surface area contributed by atoms with Gasteiger partial charge in [-0.1, -0.05) is 53.8 Å². The molecule has 1 aliphatic rings. The maximum Gasteiger partial charge on any atom is 0.335 e. The monoisotopic (exact) mass is 527 g/mol. The summed E-state index contributed by atoms with van der Waals surface area (Å²) in [6.45, 7) is 0.556. The van der Waals surface area contributed by atoms with Gasteiger partial charge >= 0.3 is 5.97 Å². The van der Waals surface area contributed by atoms with Crippen molar-refractivity contribution in [1.82, 2.24) is 0 Å². The van der Waals surface area contributed by atoms with Crippen molar-refractivity contribution in [1.29, 1.82) is 0 Å². The molecule has 3 aromatic carbocycles. The molecule has 1 aliphatic heterocycles. The molecule has 0 saturated carbocycles. The number of rotatable bonds is 8. The van der Waals surface area contributed by atoms with Gasteiger partial charge in [-0.3, -0.25) is 9.69 Å². The fourth-order valence-electron chi connectivity index (χ4n) is 3.13. The van der Waals surface area contributed by atoms with E-state index in [0.29, 0.717) is 21.5 Å². The van der Waals surface area contributed by atoms with E-state index in [4.69, 9.17) is 28.6 Å². The second kappa shape index (κ2) is 11.1. The lowest BCUT2D eigenvalue weighted by Crippen LogP contribution is -2.27. The molecule has 34 heavy (non-hydrogen) atoms. The van der Waals surface area contributed by atoms with E-state index in [0.717, 1.165) is 27.0 Å². The Kier molecular flexibility index (Phi) is 7.95. The molecule has 1 amide bonds. The molecule has 1 N–H and O–H groups in total. The summed E-state index contributed by atoms with van der Waals surface area (Å²) in [5, 5.41) is 9.93. The zero-order chi connectivity index (χ0) is 24.1. The third kappa shape index (κ3) is 6.01. The molecular weight excluding hydrogens is 510 g/mol. The van der Waals surface area contributed by atoms with Gasteiger partial charge < -0.3 is 9.84 Å². The molecule has 1 heterocycles. The Morgan fingerprint density at radius 1 is 1.12 bits per heavy atom. The quantitative estimate of drug-likeness (QED) is 0.153. The zero-order valence-corrected chi connectivity index (χ0v) is 20.8. The molecule has 0 bridgehead atoms. The molecule has 1 fully saturated rings. The number of carboxylic acids is 1. The number of nitrogens with zero attached hydrogens (tertiary/aromatic N) is 1. The van der Waals surface area contributed by atoms with E-state index in [-0.39, 0.29) is 11.5 Å². The molecular formula is C25H18ClNO4S3. The third-order valence-corrected chi connectivity index (χ3v) is 7.29. The van der Waals surface area contributed by atoms with E-state index in [1.54, 1.807) is 30.0 Å². The third-order valence-electron chi connectivity index (χ3n) is 4.76. The summed E-state index contributed by atoms with van der Waals surface area (Å²) >= 11 is 14.2. The number of benzene rings is 3. The van der Waals surface area contributed by atoms with Gasteiger partial charge in [-0.25, -0.2) is 4.79 Å². The average molecular weight is 528 g/mol. The van der Waals surface area contributed by atoms with E-state index in [1.807, 2.05) is 48.5 Å². The SMILES string of the molecule is O=C(O)c1cccc(N2C(=O)/C(=C/c3ccc(OCCSc4ccc(Cl)cc4)cc3)SC2=S)c1. The Morgan fingerprint density at radius 2 is 1.85 bits per heavy atom. The number of amides is 1. The number of aromatic carboxylic acids is 1. The molecule has 0 aromatic heterocycles. The second-order valence-corrected chi connectivity index (χ2v) is 10.4. The molecule has 4 rings (SSSR count). The molecule has 172 valence electrons. The molecule has 9 heteroatoms. The molecule has 3 aromatic rings. The average Bonchev–Trinajstić information content (AvgIpc) is 3.11. The van der Waals surface area contributed by atoms with Gasteiger partial charge in [0.05, 0.1) is 22.8 Å². The smallest absolute Gasteiger partial charge is 0.335 e. The highest BCUT2D eigenvalue weighted by molar-refractivity contribution is 8.27. The summed E-state index contributed by atoms with van der Waals surface area (Å²) in [6, 6.07) is 21.3. The summed E-state index contributed by atoms with van der Waals surface area (Å²) < 4.78 is 6.16. The highest BCUT2D eigenvalue weighted by Gasteiger charge is 2.33. The van der Waals surface area contributed by atoms with Crippen LogP contribution in [0.5, 0.6) is 5.75 Å². The minimum atomic E-state index is -1.06. The summed E-state index contributed by atoms with van der Waals surface area (Å²) in [5.74, 6) is 0.201. The van der Waals surface area contributed by atoms with Crippen molar-refractivity contribution in [2.24, 2.45) is 0 Å². The van der Waals surface area contributed by atoms with Crippen LogP contribution >= 0.6 is 47.3 Å². The topological polar surface area (TPSA) is 66.8 Å². The largest absolute Gasteiger partial charge is 0.493 e. The fourth-order valence-corrected chi connectivity index (χ4v) is 5.29. The fraction of sp³-hybridized carbons (Fsp3) is 0.0800. The van der Waals surface area contributed by atoms with Gasteiger partial charge in [0.25, 0.3) is 5.91 Å². The number of hydrogen-bond donors (Lipinski definition) is 1. The first-order valence-corrected chi connectivity index (χ1v) is 12.7. The highest BCUT2D eigenvalue weighted by Crippen LogP contribution is 2.36. The van der Waals surface area contributed by atoms with Gasteiger partial charge in [0, 0.05) is 15.7 Å². The van der Waals surface area contributed by atoms with E-state index in [9.17, 15) is 14.7 Å². The van der Waals surface area contributed by atoms with Crippen LogP contribution < -0.4 is 9.64 Å². The van der Waals surface area contributed by atoms with Crippen LogP contribution in [0.25, 0.3) is 6.08 Å². The maximum atomic E-state index is 12.9. The number of thioether (sulfide) groups is 2. The first-order chi connectivity index (χ1) is 16.4. The Balaban J connectivity index is 1.36. The Bertz CT molecular complexity index is 1260. The zero-order valence-electron chi connectivity index (χ0n) is 17.6. The minimum absolute atomic E-state index is 0.0951. The number of halogens is 1. The van der Waals surface area contributed by atoms with Gasteiger partial charge in [-0.05, 0) is 66.2 Å². The molecule has 0 unspecified atom stereocenters.